The Kier molecular flexibility index (Phi) is 7.42. The van der Waals surface area contributed by atoms with Crippen LogP contribution in [0.15, 0.2) is 84.0 Å². The second-order valence-electron chi connectivity index (χ2n) is 7.99. The number of hydrogen-bond acceptors (Lipinski definition) is 6. The van der Waals surface area contributed by atoms with Crippen LogP contribution in [0, 0.1) is 0 Å². The number of aromatic nitrogens is 2. The number of rotatable bonds is 9. The van der Waals surface area contributed by atoms with Crippen LogP contribution in [0.4, 0.5) is 5.69 Å². The minimum Gasteiger partial charge on any atom is -0.493 e. The van der Waals surface area contributed by atoms with E-state index in [0.717, 1.165) is 22.4 Å². The standard InChI is InChI=1S/C27H27N5O3/c1-32(2)22-12-9-19(10-13-22)17-28-31-27(33)24-16-23(29-30-24)21-11-14-25(26(15-21)34-3)35-18-20-7-5-4-6-8-20/h4-17H,18H2,1-3H3,(H,29,30)(H,31,33). The van der Waals surface area contributed by atoms with Crippen LogP contribution < -0.4 is 19.8 Å². The van der Waals surface area contributed by atoms with Crippen LogP contribution in [0.3, 0.4) is 0 Å². The first-order chi connectivity index (χ1) is 17.0. The van der Waals surface area contributed by atoms with Gasteiger partial charge in [-0.2, -0.15) is 10.2 Å². The van der Waals surface area contributed by atoms with E-state index in [0.29, 0.717) is 29.5 Å². The minimum absolute atomic E-state index is 0.295. The van der Waals surface area contributed by atoms with Crippen molar-refractivity contribution in [2.24, 2.45) is 5.10 Å². The van der Waals surface area contributed by atoms with E-state index in [1.54, 1.807) is 19.4 Å². The Balaban J connectivity index is 1.39. The van der Waals surface area contributed by atoms with Crippen molar-refractivity contribution >= 4 is 17.8 Å². The van der Waals surface area contributed by atoms with Gasteiger partial charge in [-0.3, -0.25) is 9.89 Å². The molecule has 0 radical (unpaired) electrons. The highest BCUT2D eigenvalue weighted by Crippen LogP contribution is 2.32. The van der Waals surface area contributed by atoms with E-state index < -0.39 is 0 Å². The Morgan fingerprint density at radius 3 is 2.51 bits per heavy atom. The zero-order valence-electron chi connectivity index (χ0n) is 19.9. The molecule has 0 bridgehead atoms. The van der Waals surface area contributed by atoms with Crippen LogP contribution in [0.5, 0.6) is 11.5 Å². The molecular weight excluding hydrogens is 442 g/mol. The predicted molar refractivity (Wildman–Crippen MR) is 137 cm³/mol. The topological polar surface area (TPSA) is 91.8 Å². The number of anilines is 1. The van der Waals surface area contributed by atoms with Gasteiger partial charge in [0.15, 0.2) is 11.5 Å². The molecule has 4 aromatic rings. The molecule has 0 saturated heterocycles. The van der Waals surface area contributed by atoms with Crippen LogP contribution in [0.1, 0.15) is 21.6 Å². The SMILES string of the molecule is COc1cc(-c2cc(C(=O)NN=Cc3ccc(N(C)C)cc3)[nH]n2)ccc1OCc1ccccc1. The third-order valence-corrected chi connectivity index (χ3v) is 5.31. The van der Waals surface area contributed by atoms with Crippen molar-refractivity contribution in [1.29, 1.82) is 0 Å². The van der Waals surface area contributed by atoms with E-state index >= 15 is 0 Å². The molecule has 8 nitrogen and oxygen atoms in total. The third kappa shape index (κ3) is 6.05. The fourth-order valence-electron chi connectivity index (χ4n) is 3.35. The number of hydrazone groups is 1. The number of hydrogen-bond donors (Lipinski definition) is 2. The number of carbonyl (C=O) groups excluding carboxylic acids is 1. The summed E-state index contributed by atoms with van der Waals surface area (Å²) in [4.78, 5) is 14.5. The number of carbonyl (C=O) groups is 1. The molecule has 0 atom stereocenters. The first-order valence-electron chi connectivity index (χ1n) is 11.0. The molecule has 4 rings (SSSR count). The normalized spacial score (nSPS) is 10.8. The Bertz CT molecular complexity index is 1300. The third-order valence-electron chi connectivity index (χ3n) is 5.31. The summed E-state index contributed by atoms with van der Waals surface area (Å²) in [5.41, 5.74) is 7.23. The van der Waals surface area contributed by atoms with Crippen molar-refractivity contribution < 1.29 is 14.3 Å². The molecule has 3 aromatic carbocycles. The molecule has 0 spiro atoms. The fraction of sp³-hybridized carbons (Fsp3) is 0.148. The Morgan fingerprint density at radius 1 is 1.03 bits per heavy atom. The average Bonchev–Trinajstić information content (AvgIpc) is 3.39. The molecule has 0 aliphatic heterocycles. The predicted octanol–water partition coefficient (Wildman–Crippen LogP) is 4.49. The van der Waals surface area contributed by atoms with Crippen molar-refractivity contribution in [2.75, 3.05) is 26.1 Å². The smallest absolute Gasteiger partial charge is 0.289 e. The molecule has 178 valence electrons. The van der Waals surface area contributed by atoms with E-state index in [1.165, 1.54) is 0 Å². The lowest BCUT2D eigenvalue weighted by molar-refractivity contribution is 0.0950. The Morgan fingerprint density at radius 2 is 1.80 bits per heavy atom. The van der Waals surface area contributed by atoms with Gasteiger partial charge >= 0.3 is 0 Å². The number of ether oxygens (including phenoxy) is 2. The van der Waals surface area contributed by atoms with Gasteiger partial charge in [0.25, 0.3) is 5.91 Å². The number of benzene rings is 3. The number of H-pyrrole nitrogens is 1. The molecule has 0 aliphatic rings. The molecule has 2 N–H and O–H groups in total. The van der Waals surface area contributed by atoms with E-state index in [2.05, 4.69) is 20.7 Å². The van der Waals surface area contributed by atoms with E-state index in [1.807, 2.05) is 91.8 Å². The van der Waals surface area contributed by atoms with Gasteiger partial charge in [0.05, 0.1) is 19.0 Å². The van der Waals surface area contributed by atoms with Crippen molar-refractivity contribution in [1.82, 2.24) is 15.6 Å². The molecule has 8 heteroatoms. The zero-order chi connectivity index (χ0) is 24.6. The van der Waals surface area contributed by atoms with Crippen molar-refractivity contribution in [3.8, 4) is 22.8 Å². The van der Waals surface area contributed by atoms with Gasteiger partial charge in [0.2, 0.25) is 0 Å². The highest BCUT2D eigenvalue weighted by molar-refractivity contribution is 5.94. The quantitative estimate of drug-likeness (QED) is 0.278. The maximum Gasteiger partial charge on any atom is 0.289 e. The number of aromatic amines is 1. The molecule has 0 fully saturated rings. The maximum atomic E-state index is 12.5. The average molecular weight is 470 g/mol. The molecule has 1 heterocycles. The second kappa shape index (κ2) is 11.0. The lowest BCUT2D eigenvalue weighted by Crippen LogP contribution is -2.18. The first kappa shape index (κ1) is 23.6. The Labute approximate surface area is 204 Å². The number of methoxy groups -OCH3 is 1. The number of amides is 1. The summed E-state index contributed by atoms with van der Waals surface area (Å²) in [6.07, 6.45) is 1.59. The van der Waals surface area contributed by atoms with Crippen molar-refractivity contribution in [2.45, 2.75) is 6.61 Å². The molecule has 0 aliphatic carbocycles. The van der Waals surface area contributed by atoms with Gasteiger partial charge in [0.1, 0.15) is 12.3 Å². The summed E-state index contributed by atoms with van der Waals surface area (Å²) in [5, 5.41) is 11.1. The van der Waals surface area contributed by atoms with Gasteiger partial charge < -0.3 is 14.4 Å². The molecule has 35 heavy (non-hydrogen) atoms. The van der Waals surface area contributed by atoms with E-state index in [9.17, 15) is 4.79 Å². The van der Waals surface area contributed by atoms with Gasteiger partial charge in [0, 0.05) is 25.3 Å². The van der Waals surface area contributed by atoms with Crippen LogP contribution in [-0.2, 0) is 6.61 Å². The minimum atomic E-state index is -0.389. The molecule has 0 unspecified atom stereocenters. The van der Waals surface area contributed by atoms with Crippen molar-refractivity contribution in [3.63, 3.8) is 0 Å². The summed E-state index contributed by atoms with van der Waals surface area (Å²) < 4.78 is 11.4. The lowest BCUT2D eigenvalue weighted by Gasteiger charge is -2.11. The summed E-state index contributed by atoms with van der Waals surface area (Å²) in [5.74, 6) is 0.818. The van der Waals surface area contributed by atoms with Crippen LogP contribution >= 0.6 is 0 Å². The zero-order valence-corrected chi connectivity index (χ0v) is 19.9. The van der Waals surface area contributed by atoms with Gasteiger partial charge in [-0.15, -0.1) is 0 Å². The maximum absolute atomic E-state index is 12.5. The van der Waals surface area contributed by atoms with Crippen LogP contribution in [0.2, 0.25) is 0 Å². The fourth-order valence-corrected chi connectivity index (χ4v) is 3.35. The van der Waals surface area contributed by atoms with Gasteiger partial charge in [-0.1, -0.05) is 42.5 Å². The molecule has 1 amide bonds. The van der Waals surface area contributed by atoms with Crippen LogP contribution in [-0.4, -0.2) is 43.5 Å². The first-order valence-corrected chi connectivity index (χ1v) is 11.0. The summed E-state index contributed by atoms with van der Waals surface area (Å²) in [6, 6.07) is 24.9. The second-order valence-corrected chi connectivity index (χ2v) is 7.99. The number of nitrogens with one attached hydrogen (secondary N) is 2. The van der Waals surface area contributed by atoms with Crippen LogP contribution in [0.25, 0.3) is 11.3 Å². The molecule has 0 saturated carbocycles. The van der Waals surface area contributed by atoms with E-state index in [-0.39, 0.29) is 5.91 Å². The Hall–Kier alpha value is -4.59. The lowest BCUT2D eigenvalue weighted by atomic mass is 10.1. The summed E-state index contributed by atoms with van der Waals surface area (Å²) in [7, 11) is 5.54. The number of nitrogens with zero attached hydrogens (tertiary/aromatic N) is 3. The largest absolute Gasteiger partial charge is 0.493 e. The molecular formula is C27H27N5O3. The summed E-state index contributed by atoms with van der Waals surface area (Å²) in [6.45, 7) is 0.434. The highest BCUT2D eigenvalue weighted by Gasteiger charge is 2.13. The van der Waals surface area contributed by atoms with E-state index in [4.69, 9.17) is 9.47 Å². The monoisotopic (exact) mass is 469 g/mol. The summed E-state index contributed by atoms with van der Waals surface area (Å²) >= 11 is 0. The molecule has 1 aromatic heterocycles. The highest BCUT2D eigenvalue weighted by atomic mass is 16.5. The van der Waals surface area contributed by atoms with Gasteiger partial charge in [-0.25, -0.2) is 5.43 Å². The van der Waals surface area contributed by atoms with Crippen molar-refractivity contribution in [3.05, 3.63) is 95.7 Å². The van der Waals surface area contributed by atoms with Gasteiger partial charge in [-0.05, 0) is 47.5 Å².